The van der Waals surface area contributed by atoms with Crippen molar-refractivity contribution < 1.29 is 14.3 Å². The number of carbonyl (C=O) groups excluding carboxylic acids is 2. The summed E-state index contributed by atoms with van der Waals surface area (Å²) in [5.41, 5.74) is 0.329. The lowest BCUT2D eigenvalue weighted by atomic mass is 10.1. The Morgan fingerprint density at radius 3 is 2.73 bits per heavy atom. The fourth-order valence-electron chi connectivity index (χ4n) is 0.965. The van der Waals surface area contributed by atoms with Gasteiger partial charge in [0.05, 0.1) is 18.0 Å². The third kappa shape index (κ3) is 3.39. The van der Waals surface area contributed by atoms with E-state index in [9.17, 15) is 9.59 Å². The van der Waals surface area contributed by atoms with Crippen LogP contribution in [0.4, 0.5) is 0 Å². The molecule has 1 heterocycles. The Morgan fingerprint density at radius 1 is 1.53 bits per heavy atom. The lowest BCUT2D eigenvalue weighted by molar-refractivity contribution is 0.0596. The average Bonchev–Trinajstić information content (AvgIpc) is 2.27. The molecule has 82 valence electrons. The zero-order chi connectivity index (χ0) is 10.6. The van der Waals surface area contributed by atoms with Crippen LogP contribution in [-0.2, 0) is 4.74 Å². The first kappa shape index (κ1) is 14.2. The molecule has 0 amide bonds. The molecule has 0 aromatic carbocycles. The van der Waals surface area contributed by atoms with Gasteiger partial charge in [-0.25, -0.2) is 4.79 Å². The monoisotopic (exact) mass is 337 g/mol. The van der Waals surface area contributed by atoms with Crippen LogP contribution in [-0.4, -0.2) is 29.2 Å². The highest BCUT2D eigenvalue weighted by Crippen LogP contribution is 2.08. The molecule has 0 unspecified atom stereocenters. The molecule has 0 aliphatic carbocycles. The van der Waals surface area contributed by atoms with Crippen molar-refractivity contribution in [2.75, 3.05) is 12.4 Å². The lowest BCUT2D eigenvalue weighted by Gasteiger charge is -2.03. The first-order valence-electron chi connectivity index (χ1n) is 3.83. The van der Waals surface area contributed by atoms with Gasteiger partial charge < -0.3 is 4.74 Å². The second kappa shape index (κ2) is 6.68. The number of halogens is 2. The van der Waals surface area contributed by atoms with Gasteiger partial charge in [0.15, 0.2) is 5.78 Å². The molecular formula is C9H9Br2NO3. The molecule has 15 heavy (non-hydrogen) atoms. The van der Waals surface area contributed by atoms with Crippen LogP contribution in [0.1, 0.15) is 20.8 Å². The van der Waals surface area contributed by atoms with E-state index < -0.39 is 5.97 Å². The topological polar surface area (TPSA) is 56.3 Å². The molecule has 0 spiro atoms. The van der Waals surface area contributed by atoms with Crippen LogP contribution in [0.25, 0.3) is 0 Å². The Hall–Kier alpha value is -0.750. The Bertz CT molecular complexity index is 333. The van der Waals surface area contributed by atoms with Crippen LogP contribution in [0.15, 0.2) is 18.3 Å². The molecule has 1 rings (SSSR count). The number of hydrogen-bond acceptors (Lipinski definition) is 4. The van der Waals surface area contributed by atoms with E-state index in [0.717, 1.165) is 0 Å². The molecule has 0 saturated carbocycles. The van der Waals surface area contributed by atoms with Gasteiger partial charge in [0, 0.05) is 6.20 Å². The van der Waals surface area contributed by atoms with E-state index in [0.29, 0.717) is 0 Å². The van der Waals surface area contributed by atoms with Gasteiger partial charge in [0.2, 0.25) is 0 Å². The van der Waals surface area contributed by atoms with Gasteiger partial charge >= 0.3 is 5.97 Å². The highest BCUT2D eigenvalue weighted by molar-refractivity contribution is 9.09. The van der Waals surface area contributed by atoms with Crippen molar-refractivity contribution >= 4 is 44.7 Å². The molecule has 6 heteroatoms. The molecule has 0 fully saturated rings. The number of nitrogens with zero attached hydrogens (tertiary/aromatic N) is 1. The number of esters is 1. The summed E-state index contributed by atoms with van der Waals surface area (Å²) < 4.78 is 4.53. The Kier molecular flexibility index (Phi) is 6.35. The molecule has 0 aliphatic heterocycles. The summed E-state index contributed by atoms with van der Waals surface area (Å²) >= 11 is 3.02. The van der Waals surface area contributed by atoms with Gasteiger partial charge in [-0.05, 0) is 12.1 Å². The number of pyridine rings is 1. The summed E-state index contributed by atoms with van der Waals surface area (Å²) in [4.78, 5) is 26.4. The molecule has 0 N–H and O–H groups in total. The first-order valence-corrected chi connectivity index (χ1v) is 4.95. The minimum Gasteiger partial charge on any atom is -0.465 e. The summed E-state index contributed by atoms with van der Waals surface area (Å²) in [7, 11) is 1.26. The van der Waals surface area contributed by atoms with Crippen LogP contribution < -0.4 is 0 Å². The van der Waals surface area contributed by atoms with Gasteiger partial charge in [-0.3, -0.25) is 9.78 Å². The number of ketones is 1. The van der Waals surface area contributed by atoms with E-state index in [1.54, 1.807) is 6.07 Å². The average molecular weight is 339 g/mol. The maximum atomic E-state index is 11.3. The minimum absolute atomic E-state index is 0. The molecule has 0 aliphatic rings. The number of rotatable bonds is 3. The maximum absolute atomic E-state index is 11.3. The van der Waals surface area contributed by atoms with Crippen LogP contribution in [0, 0.1) is 0 Å². The third-order valence-corrected chi connectivity index (χ3v) is 2.11. The highest BCUT2D eigenvalue weighted by Gasteiger charge is 2.17. The predicted molar refractivity (Wildman–Crippen MR) is 64.0 cm³/mol. The van der Waals surface area contributed by atoms with E-state index in [1.807, 2.05) is 0 Å². The van der Waals surface area contributed by atoms with E-state index in [4.69, 9.17) is 0 Å². The summed E-state index contributed by atoms with van der Waals surface area (Å²) in [5, 5.41) is 0.133. The fourth-order valence-corrected chi connectivity index (χ4v) is 1.23. The van der Waals surface area contributed by atoms with Crippen molar-refractivity contribution in [1.29, 1.82) is 0 Å². The molecule has 1 aromatic rings. The van der Waals surface area contributed by atoms with Crippen molar-refractivity contribution in [2.45, 2.75) is 0 Å². The number of carbonyl (C=O) groups is 2. The van der Waals surface area contributed by atoms with Crippen LogP contribution in [0.5, 0.6) is 0 Å². The lowest BCUT2D eigenvalue weighted by Crippen LogP contribution is -2.12. The molecule has 0 atom stereocenters. The van der Waals surface area contributed by atoms with E-state index >= 15 is 0 Å². The number of hydrogen-bond donors (Lipinski definition) is 0. The Morgan fingerprint density at radius 2 is 2.20 bits per heavy atom. The summed E-state index contributed by atoms with van der Waals surface area (Å²) in [6, 6.07) is 3.09. The van der Waals surface area contributed by atoms with Crippen molar-refractivity contribution in [1.82, 2.24) is 4.98 Å². The maximum Gasteiger partial charge on any atom is 0.340 e. The standard InChI is InChI=1S/C9H8BrNO3.BrH/c1-14-9(13)6-3-2-4-11-8(6)7(12)5-10;/h2-4H,5H2,1H3;1H. The number of alkyl halides is 1. The van der Waals surface area contributed by atoms with Crippen molar-refractivity contribution in [3.8, 4) is 0 Å². The van der Waals surface area contributed by atoms with Crippen LogP contribution in [0.2, 0.25) is 0 Å². The molecule has 0 radical (unpaired) electrons. The summed E-state index contributed by atoms with van der Waals surface area (Å²) in [5.74, 6) is -0.798. The highest BCUT2D eigenvalue weighted by atomic mass is 79.9. The van der Waals surface area contributed by atoms with Gasteiger partial charge in [0.25, 0.3) is 0 Å². The van der Waals surface area contributed by atoms with Gasteiger partial charge in [-0.1, -0.05) is 15.9 Å². The van der Waals surface area contributed by atoms with Gasteiger partial charge in [-0.15, -0.1) is 17.0 Å². The smallest absolute Gasteiger partial charge is 0.340 e. The summed E-state index contributed by atoms with van der Waals surface area (Å²) in [6.45, 7) is 0. The largest absolute Gasteiger partial charge is 0.465 e. The number of Topliss-reactive ketones (excluding diaryl/α,β-unsaturated/α-hetero) is 1. The van der Waals surface area contributed by atoms with Crippen LogP contribution in [0.3, 0.4) is 0 Å². The zero-order valence-electron chi connectivity index (χ0n) is 7.90. The zero-order valence-corrected chi connectivity index (χ0v) is 11.2. The predicted octanol–water partition coefficient (Wildman–Crippen LogP) is 2.02. The van der Waals surface area contributed by atoms with E-state index in [1.165, 1.54) is 19.4 Å². The quantitative estimate of drug-likeness (QED) is 0.480. The number of ether oxygens (including phenoxy) is 1. The first-order chi connectivity index (χ1) is 6.70. The Labute approximate surface area is 106 Å². The normalized spacial score (nSPS) is 8.93. The van der Waals surface area contributed by atoms with Gasteiger partial charge in [0.1, 0.15) is 5.69 Å². The molecule has 0 saturated heterocycles. The minimum atomic E-state index is -0.553. The summed E-state index contributed by atoms with van der Waals surface area (Å²) in [6.07, 6.45) is 1.46. The second-order valence-corrected chi connectivity index (χ2v) is 3.01. The van der Waals surface area contributed by atoms with E-state index in [-0.39, 0.29) is 39.4 Å². The van der Waals surface area contributed by atoms with Crippen molar-refractivity contribution in [2.24, 2.45) is 0 Å². The van der Waals surface area contributed by atoms with Gasteiger partial charge in [-0.2, -0.15) is 0 Å². The van der Waals surface area contributed by atoms with Crippen molar-refractivity contribution in [3.63, 3.8) is 0 Å². The molecular weight excluding hydrogens is 330 g/mol. The SMILES string of the molecule is Br.COC(=O)c1cccnc1C(=O)CBr. The van der Waals surface area contributed by atoms with Crippen molar-refractivity contribution in [3.05, 3.63) is 29.6 Å². The molecule has 4 nitrogen and oxygen atoms in total. The molecule has 0 bridgehead atoms. The molecule has 1 aromatic heterocycles. The number of aromatic nitrogens is 1. The Balaban J connectivity index is 0.00000196. The number of methoxy groups -OCH3 is 1. The third-order valence-electron chi connectivity index (χ3n) is 1.60. The van der Waals surface area contributed by atoms with Crippen LogP contribution >= 0.6 is 32.9 Å². The fraction of sp³-hybridized carbons (Fsp3) is 0.222. The second-order valence-electron chi connectivity index (χ2n) is 2.45. The van der Waals surface area contributed by atoms with E-state index in [2.05, 4.69) is 25.7 Å².